The first-order valence-electron chi connectivity index (χ1n) is 11.6. The van der Waals surface area contributed by atoms with Crippen LogP contribution in [0.4, 0.5) is 11.4 Å². The number of hydrogen-bond donors (Lipinski definition) is 1. The summed E-state index contributed by atoms with van der Waals surface area (Å²) in [6.45, 7) is 8.81. The second-order valence-electron chi connectivity index (χ2n) is 9.26. The van der Waals surface area contributed by atoms with Crippen molar-refractivity contribution >= 4 is 40.2 Å². The average Bonchev–Trinajstić information content (AvgIpc) is 3.32. The van der Waals surface area contributed by atoms with Crippen molar-refractivity contribution in [2.24, 2.45) is 16.0 Å². The fourth-order valence-electron chi connectivity index (χ4n) is 4.15. The number of thiazole rings is 1. The number of nitrogens with zero attached hydrogens (tertiary/aromatic N) is 4. The molecule has 1 N–H and O–H groups in total. The van der Waals surface area contributed by atoms with Gasteiger partial charge >= 0.3 is 0 Å². The topological polar surface area (TPSA) is 88.3 Å². The predicted molar refractivity (Wildman–Crippen MR) is 138 cm³/mol. The molecule has 3 aromatic rings. The Balaban J connectivity index is 1.67. The number of aromatic nitrogens is 1. The van der Waals surface area contributed by atoms with Crippen LogP contribution < -0.4 is 19.8 Å². The van der Waals surface area contributed by atoms with Gasteiger partial charge in [0.2, 0.25) is 4.80 Å². The van der Waals surface area contributed by atoms with Crippen LogP contribution in [0.1, 0.15) is 33.3 Å². The Hall–Kier alpha value is -3.72. The lowest BCUT2D eigenvalue weighted by Crippen LogP contribution is -2.34. The Morgan fingerprint density at radius 2 is 1.91 bits per heavy atom. The van der Waals surface area contributed by atoms with E-state index in [0.717, 1.165) is 22.5 Å². The maximum absolute atomic E-state index is 13.5. The second kappa shape index (κ2) is 9.14. The van der Waals surface area contributed by atoms with Gasteiger partial charge in [-0.05, 0) is 44.0 Å². The minimum absolute atomic E-state index is 0.00423. The van der Waals surface area contributed by atoms with E-state index < -0.39 is 0 Å². The van der Waals surface area contributed by atoms with Gasteiger partial charge in [0.25, 0.3) is 11.8 Å². The summed E-state index contributed by atoms with van der Waals surface area (Å²) in [7, 11) is 0. The Morgan fingerprint density at radius 1 is 1.11 bits per heavy atom. The molecule has 2 aliphatic heterocycles. The molecule has 1 aromatic heterocycles. The van der Waals surface area contributed by atoms with Crippen molar-refractivity contribution in [3.8, 4) is 17.0 Å². The van der Waals surface area contributed by atoms with Gasteiger partial charge in [-0.15, -0.1) is 11.3 Å². The molecule has 0 unspecified atom stereocenters. The van der Waals surface area contributed by atoms with Crippen LogP contribution in [0.2, 0.25) is 0 Å². The van der Waals surface area contributed by atoms with Gasteiger partial charge in [0.05, 0.1) is 17.1 Å². The number of ether oxygens (including phenoxy) is 1. The summed E-state index contributed by atoms with van der Waals surface area (Å²) in [5.41, 5.74) is 4.29. The van der Waals surface area contributed by atoms with Gasteiger partial charge < -0.3 is 15.0 Å². The van der Waals surface area contributed by atoms with Crippen molar-refractivity contribution in [3.63, 3.8) is 0 Å². The molecule has 2 aliphatic rings. The molecule has 3 heterocycles. The Bertz CT molecular complexity index is 1420. The van der Waals surface area contributed by atoms with Crippen LogP contribution in [-0.2, 0) is 9.59 Å². The minimum Gasteiger partial charge on any atom is -0.482 e. The minimum atomic E-state index is -0.193. The SMILES string of the molecule is CC(C)CN1C(=O)C(=Nn2c(-c3ccc4c(c3)NC(=O)CO4)csc2=NC(C)C)c2ccccc21. The third-order valence-corrected chi connectivity index (χ3v) is 6.44. The summed E-state index contributed by atoms with van der Waals surface area (Å²) in [4.78, 5) is 32.6. The van der Waals surface area contributed by atoms with Crippen molar-refractivity contribution in [1.29, 1.82) is 0 Å². The van der Waals surface area contributed by atoms with E-state index in [1.165, 1.54) is 11.3 Å². The standard InChI is InChI=1S/C26H27N5O3S/c1-15(2)12-30-20-8-6-5-7-18(20)24(25(30)33)29-31-21(14-35-26(31)27-16(3)4)17-9-10-22-19(11-17)28-23(32)13-34-22/h5-11,14-16H,12-13H2,1-4H3,(H,28,32). The summed E-state index contributed by atoms with van der Waals surface area (Å²) in [5, 5.41) is 9.72. The molecule has 8 nitrogen and oxygen atoms in total. The molecule has 35 heavy (non-hydrogen) atoms. The number of carbonyl (C=O) groups excluding carboxylic acids is 2. The lowest BCUT2D eigenvalue weighted by Gasteiger charge is -2.19. The number of para-hydroxylation sites is 1. The highest BCUT2D eigenvalue weighted by Gasteiger charge is 2.34. The fraction of sp³-hybridized carbons (Fsp3) is 0.308. The fourth-order valence-corrected chi connectivity index (χ4v) is 5.12. The molecule has 0 atom stereocenters. The zero-order valence-electron chi connectivity index (χ0n) is 20.1. The first-order valence-corrected chi connectivity index (χ1v) is 12.5. The number of nitrogens with one attached hydrogen (secondary N) is 1. The quantitative estimate of drug-likeness (QED) is 0.585. The van der Waals surface area contributed by atoms with Gasteiger partial charge in [-0.1, -0.05) is 32.0 Å². The molecule has 0 bridgehead atoms. The maximum atomic E-state index is 13.5. The molecule has 0 aliphatic carbocycles. The lowest BCUT2D eigenvalue weighted by molar-refractivity contribution is -0.118. The van der Waals surface area contributed by atoms with E-state index in [9.17, 15) is 9.59 Å². The largest absolute Gasteiger partial charge is 0.482 e. The summed E-state index contributed by atoms with van der Waals surface area (Å²) in [5.74, 6) is 0.626. The monoisotopic (exact) mass is 489 g/mol. The van der Waals surface area contributed by atoms with Crippen molar-refractivity contribution in [3.05, 3.63) is 58.2 Å². The maximum Gasteiger partial charge on any atom is 0.279 e. The summed E-state index contributed by atoms with van der Waals surface area (Å²) in [6, 6.07) is 13.4. The predicted octanol–water partition coefficient (Wildman–Crippen LogP) is 4.11. The molecule has 180 valence electrons. The van der Waals surface area contributed by atoms with Gasteiger partial charge in [0.1, 0.15) is 5.75 Å². The Morgan fingerprint density at radius 3 is 2.69 bits per heavy atom. The Labute approximate surface area is 207 Å². The molecule has 0 fully saturated rings. The molecular weight excluding hydrogens is 462 g/mol. The highest BCUT2D eigenvalue weighted by molar-refractivity contribution is 7.07. The van der Waals surface area contributed by atoms with E-state index >= 15 is 0 Å². The zero-order chi connectivity index (χ0) is 24.7. The first-order chi connectivity index (χ1) is 16.8. The number of fused-ring (bicyclic) bond motifs is 2. The summed E-state index contributed by atoms with van der Waals surface area (Å²) >= 11 is 1.46. The lowest BCUT2D eigenvalue weighted by atomic mass is 10.1. The summed E-state index contributed by atoms with van der Waals surface area (Å²) in [6.07, 6.45) is 0. The van der Waals surface area contributed by atoms with Gasteiger partial charge in [-0.3, -0.25) is 14.6 Å². The van der Waals surface area contributed by atoms with Crippen LogP contribution in [0.5, 0.6) is 5.75 Å². The van der Waals surface area contributed by atoms with Crippen molar-refractivity contribution < 1.29 is 14.3 Å². The molecule has 0 saturated heterocycles. The molecule has 5 rings (SSSR count). The van der Waals surface area contributed by atoms with Gasteiger partial charge in [0, 0.05) is 29.1 Å². The highest BCUT2D eigenvalue weighted by Crippen LogP contribution is 2.34. The number of anilines is 2. The number of rotatable bonds is 5. The Kier molecular flexibility index (Phi) is 6.02. The van der Waals surface area contributed by atoms with Gasteiger partial charge in [0.15, 0.2) is 12.3 Å². The molecule has 0 radical (unpaired) electrons. The van der Waals surface area contributed by atoms with E-state index in [1.54, 1.807) is 9.58 Å². The zero-order valence-corrected chi connectivity index (χ0v) is 20.9. The molecular formula is C26H27N5O3S. The van der Waals surface area contributed by atoms with E-state index in [-0.39, 0.29) is 24.5 Å². The molecule has 9 heteroatoms. The number of hydrogen-bond acceptors (Lipinski definition) is 6. The van der Waals surface area contributed by atoms with E-state index in [2.05, 4.69) is 19.2 Å². The van der Waals surface area contributed by atoms with E-state index in [1.807, 2.05) is 61.7 Å². The molecule has 0 spiro atoms. The normalized spacial score (nSPS) is 16.7. The van der Waals surface area contributed by atoms with E-state index in [0.29, 0.717) is 34.4 Å². The number of amides is 2. The molecule has 2 amide bonds. The van der Waals surface area contributed by atoms with Gasteiger partial charge in [-0.2, -0.15) is 5.10 Å². The van der Waals surface area contributed by atoms with Crippen molar-refractivity contribution in [1.82, 2.24) is 4.68 Å². The van der Waals surface area contributed by atoms with Crippen LogP contribution in [0.25, 0.3) is 11.3 Å². The third kappa shape index (κ3) is 4.39. The average molecular weight is 490 g/mol. The van der Waals surface area contributed by atoms with Crippen LogP contribution in [-0.4, -0.2) is 41.4 Å². The van der Waals surface area contributed by atoms with Crippen molar-refractivity contribution in [2.45, 2.75) is 33.7 Å². The number of benzene rings is 2. The smallest absolute Gasteiger partial charge is 0.279 e. The van der Waals surface area contributed by atoms with Crippen molar-refractivity contribution in [2.75, 3.05) is 23.4 Å². The summed E-state index contributed by atoms with van der Waals surface area (Å²) < 4.78 is 7.24. The van der Waals surface area contributed by atoms with Crippen LogP contribution in [0.3, 0.4) is 0 Å². The first kappa shape index (κ1) is 23.0. The van der Waals surface area contributed by atoms with Crippen LogP contribution in [0.15, 0.2) is 57.9 Å². The third-order valence-electron chi connectivity index (χ3n) is 5.61. The van der Waals surface area contributed by atoms with E-state index in [4.69, 9.17) is 14.8 Å². The van der Waals surface area contributed by atoms with Crippen LogP contribution >= 0.6 is 11.3 Å². The molecule has 0 saturated carbocycles. The second-order valence-corrected chi connectivity index (χ2v) is 10.1. The highest BCUT2D eigenvalue weighted by atomic mass is 32.1. The van der Waals surface area contributed by atoms with Crippen LogP contribution in [0, 0.1) is 5.92 Å². The number of carbonyl (C=O) groups is 2. The van der Waals surface area contributed by atoms with Gasteiger partial charge in [-0.25, -0.2) is 4.68 Å². The molecule has 2 aromatic carbocycles.